The van der Waals surface area contributed by atoms with Gasteiger partial charge in [0, 0.05) is 29.4 Å². The molecule has 9 nitrogen and oxygen atoms in total. The number of hydrogen-bond acceptors (Lipinski definition) is 7. The van der Waals surface area contributed by atoms with Gasteiger partial charge in [-0.1, -0.05) is 23.4 Å². The van der Waals surface area contributed by atoms with Gasteiger partial charge in [-0.2, -0.15) is 0 Å². The molecule has 0 aliphatic heterocycles. The predicted molar refractivity (Wildman–Crippen MR) is 102 cm³/mol. The van der Waals surface area contributed by atoms with Gasteiger partial charge in [-0.05, 0) is 30.3 Å². The topological polar surface area (TPSA) is 126 Å². The highest BCUT2D eigenvalue weighted by molar-refractivity contribution is 5.74. The van der Waals surface area contributed by atoms with Crippen molar-refractivity contribution in [3.8, 4) is 11.5 Å². The number of aromatic hydroxyl groups is 2. The highest BCUT2D eigenvalue weighted by atomic mass is 16.6. The van der Waals surface area contributed by atoms with Gasteiger partial charge in [-0.3, -0.25) is 10.1 Å². The third-order valence-corrected chi connectivity index (χ3v) is 4.29. The number of fused-ring (bicyclic) bond motifs is 1. The van der Waals surface area contributed by atoms with Gasteiger partial charge in [0.05, 0.1) is 10.4 Å². The number of nitro benzene ring substituents is 1. The number of nitrogens with zero attached hydrogens (tertiary/aromatic N) is 4. The summed E-state index contributed by atoms with van der Waals surface area (Å²) >= 11 is 0. The second-order valence-corrected chi connectivity index (χ2v) is 6.12. The number of para-hydroxylation sites is 1. The standard InChI is InChI=1S/C19H15N5O4/c25-14-5-3-4-12(10-14)20-19(15-11-13(24(27)28)8-9-18(15)26)23-17-7-2-1-6-16(17)21-22-23/h1-11,19-20,25-26H/t19-/m0/s1. The number of benzene rings is 3. The molecule has 1 atom stereocenters. The quantitative estimate of drug-likeness (QED) is 0.359. The van der Waals surface area contributed by atoms with Crippen LogP contribution in [0.25, 0.3) is 11.0 Å². The van der Waals surface area contributed by atoms with E-state index in [1.54, 1.807) is 24.3 Å². The third kappa shape index (κ3) is 3.16. The Balaban J connectivity index is 1.89. The summed E-state index contributed by atoms with van der Waals surface area (Å²) in [5.41, 5.74) is 1.92. The first-order valence-corrected chi connectivity index (χ1v) is 8.36. The summed E-state index contributed by atoms with van der Waals surface area (Å²) < 4.78 is 1.53. The SMILES string of the molecule is O=[N+]([O-])c1ccc(O)c([C@@H](Nc2cccc(O)c2)n2nnc3ccccc32)c1. The summed E-state index contributed by atoms with van der Waals surface area (Å²) in [7, 11) is 0. The van der Waals surface area contributed by atoms with Crippen LogP contribution >= 0.6 is 0 Å². The predicted octanol–water partition coefficient (Wildman–Crippen LogP) is 3.41. The van der Waals surface area contributed by atoms with Crippen molar-refractivity contribution >= 4 is 22.4 Å². The van der Waals surface area contributed by atoms with Gasteiger partial charge >= 0.3 is 0 Å². The molecule has 1 aromatic heterocycles. The molecule has 0 unspecified atom stereocenters. The van der Waals surface area contributed by atoms with Crippen LogP contribution in [-0.2, 0) is 0 Å². The van der Waals surface area contributed by atoms with E-state index in [1.807, 2.05) is 12.1 Å². The van der Waals surface area contributed by atoms with E-state index in [4.69, 9.17) is 0 Å². The molecule has 0 saturated carbocycles. The fourth-order valence-corrected chi connectivity index (χ4v) is 2.98. The minimum atomic E-state index is -0.811. The lowest BCUT2D eigenvalue weighted by molar-refractivity contribution is -0.385. The molecule has 0 saturated heterocycles. The molecule has 0 fully saturated rings. The molecular formula is C19H15N5O4. The van der Waals surface area contributed by atoms with E-state index in [0.29, 0.717) is 16.7 Å². The minimum Gasteiger partial charge on any atom is -0.508 e. The maximum Gasteiger partial charge on any atom is 0.270 e. The first-order chi connectivity index (χ1) is 13.5. The van der Waals surface area contributed by atoms with Crippen molar-refractivity contribution < 1.29 is 15.1 Å². The Morgan fingerprint density at radius 1 is 1.04 bits per heavy atom. The van der Waals surface area contributed by atoms with Crippen LogP contribution in [0.1, 0.15) is 11.7 Å². The lowest BCUT2D eigenvalue weighted by Gasteiger charge is -2.22. The Morgan fingerprint density at radius 3 is 2.64 bits per heavy atom. The molecule has 0 amide bonds. The zero-order valence-electron chi connectivity index (χ0n) is 14.4. The van der Waals surface area contributed by atoms with Crippen molar-refractivity contribution in [2.24, 2.45) is 0 Å². The molecule has 140 valence electrons. The highest BCUT2D eigenvalue weighted by Crippen LogP contribution is 2.33. The molecule has 28 heavy (non-hydrogen) atoms. The Kier molecular flexibility index (Phi) is 4.24. The van der Waals surface area contributed by atoms with Gasteiger partial charge in [0.2, 0.25) is 0 Å². The number of nitro groups is 1. The summed E-state index contributed by atoms with van der Waals surface area (Å²) in [6.45, 7) is 0. The zero-order valence-corrected chi connectivity index (χ0v) is 14.4. The van der Waals surface area contributed by atoms with Gasteiger partial charge in [0.15, 0.2) is 6.17 Å². The number of aromatic nitrogens is 3. The van der Waals surface area contributed by atoms with Crippen molar-refractivity contribution in [3.05, 3.63) is 82.4 Å². The van der Waals surface area contributed by atoms with Crippen LogP contribution in [0.4, 0.5) is 11.4 Å². The molecule has 9 heteroatoms. The average Bonchev–Trinajstić information content (AvgIpc) is 3.10. The third-order valence-electron chi connectivity index (χ3n) is 4.29. The van der Waals surface area contributed by atoms with Gasteiger partial charge < -0.3 is 15.5 Å². The van der Waals surface area contributed by atoms with Crippen molar-refractivity contribution in [1.29, 1.82) is 0 Å². The molecule has 4 rings (SSSR count). The van der Waals surface area contributed by atoms with Gasteiger partial charge in [0.1, 0.15) is 17.0 Å². The normalized spacial score (nSPS) is 12.0. The summed E-state index contributed by atoms with van der Waals surface area (Å²) in [6.07, 6.45) is -0.811. The van der Waals surface area contributed by atoms with Gasteiger partial charge in [0.25, 0.3) is 5.69 Å². The summed E-state index contributed by atoms with van der Waals surface area (Å²) in [5, 5.41) is 42.8. The van der Waals surface area contributed by atoms with Gasteiger partial charge in [-0.15, -0.1) is 5.10 Å². The molecule has 1 heterocycles. The Labute approximate surface area is 158 Å². The highest BCUT2D eigenvalue weighted by Gasteiger charge is 2.23. The van der Waals surface area contributed by atoms with Crippen molar-refractivity contribution in [2.45, 2.75) is 6.17 Å². The van der Waals surface area contributed by atoms with E-state index < -0.39 is 11.1 Å². The van der Waals surface area contributed by atoms with Crippen LogP contribution in [0.3, 0.4) is 0 Å². The van der Waals surface area contributed by atoms with Crippen LogP contribution in [-0.4, -0.2) is 30.1 Å². The second kappa shape index (κ2) is 6.88. The number of phenolic OH excluding ortho intramolecular Hbond substituents is 2. The van der Waals surface area contributed by atoms with Crippen LogP contribution in [0, 0.1) is 10.1 Å². The number of phenols is 2. The lowest BCUT2D eigenvalue weighted by atomic mass is 10.1. The second-order valence-electron chi connectivity index (χ2n) is 6.12. The van der Waals surface area contributed by atoms with Crippen molar-refractivity contribution in [3.63, 3.8) is 0 Å². The number of hydrogen-bond donors (Lipinski definition) is 3. The van der Waals surface area contributed by atoms with E-state index in [0.717, 1.165) is 0 Å². The molecule has 0 aliphatic rings. The zero-order chi connectivity index (χ0) is 19.7. The summed E-state index contributed by atoms with van der Waals surface area (Å²) in [5.74, 6) is -0.0849. The molecule has 4 aromatic rings. The van der Waals surface area contributed by atoms with Crippen molar-refractivity contribution in [2.75, 3.05) is 5.32 Å². The van der Waals surface area contributed by atoms with E-state index in [2.05, 4.69) is 15.6 Å². The molecule has 3 aromatic carbocycles. The van der Waals surface area contributed by atoms with E-state index in [-0.39, 0.29) is 22.7 Å². The number of nitrogens with one attached hydrogen (secondary N) is 1. The van der Waals surface area contributed by atoms with Crippen LogP contribution in [0.15, 0.2) is 66.7 Å². The Morgan fingerprint density at radius 2 is 1.86 bits per heavy atom. The lowest BCUT2D eigenvalue weighted by Crippen LogP contribution is -2.21. The molecular weight excluding hydrogens is 362 g/mol. The summed E-state index contributed by atoms with van der Waals surface area (Å²) in [6, 6.07) is 17.4. The first kappa shape index (κ1) is 17.3. The Hall–Kier alpha value is -4.14. The molecule has 0 bridgehead atoms. The minimum absolute atomic E-state index is 0.0514. The maximum absolute atomic E-state index is 11.2. The fraction of sp³-hybridized carbons (Fsp3) is 0.0526. The van der Waals surface area contributed by atoms with E-state index >= 15 is 0 Å². The van der Waals surface area contributed by atoms with E-state index in [9.17, 15) is 20.3 Å². The molecule has 0 aliphatic carbocycles. The number of non-ortho nitro benzene ring substituents is 1. The van der Waals surface area contributed by atoms with Crippen LogP contribution in [0.5, 0.6) is 11.5 Å². The molecule has 3 N–H and O–H groups in total. The number of anilines is 1. The van der Waals surface area contributed by atoms with Gasteiger partial charge in [-0.25, -0.2) is 4.68 Å². The van der Waals surface area contributed by atoms with Crippen LogP contribution in [0.2, 0.25) is 0 Å². The Bertz CT molecular complexity index is 1170. The molecule has 0 spiro atoms. The van der Waals surface area contributed by atoms with Crippen molar-refractivity contribution in [1.82, 2.24) is 15.0 Å². The van der Waals surface area contributed by atoms with Crippen LogP contribution < -0.4 is 5.32 Å². The fourth-order valence-electron chi connectivity index (χ4n) is 2.98. The smallest absolute Gasteiger partial charge is 0.270 e. The monoisotopic (exact) mass is 377 g/mol. The molecule has 0 radical (unpaired) electrons. The van der Waals surface area contributed by atoms with E-state index in [1.165, 1.54) is 35.0 Å². The summed E-state index contributed by atoms with van der Waals surface area (Å²) in [4.78, 5) is 10.7. The largest absolute Gasteiger partial charge is 0.508 e. The average molecular weight is 377 g/mol. The maximum atomic E-state index is 11.2. The number of rotatable bonds is 5. The first-order valence-electron chi connectivity index (χ1n) is 8.36.